The largest absolute Gasteiger partial charge is 0.377 e. The van der Waals surface area contributed by atoms with Gasteiger partial charge in [0.15, 0.2) is 0 Å². The first-order chi connectivity index (χ1) is 11.0. The topological polar surface area (TPSA) is 80.6 Å². The molecule has 0 spiro atoms. The summed E-state index contributed by atoms with van der Waals surface area (Å²) in [4.78, 5) is 3.98. The number of alkyl halides is 2. The monoisotopic (exact) mass is 324 g/mol. The summed E-state index contributed by atoms with van der Waals surface area (Å²) in [6.07, 6.45) is 1.81. The van der Waals surface area contributed by atoms with Crippen LogP contribution >= 0.6 is 0 Å². The zero-order chi connectivity index (χ0) is 16.8. The lowest BCUT2D eigenvalue weighted by Gasteiger charge is -2.04. The lowest BCUT2D eigenvalue weighted by Crippen LogP contribution is -2.16. The highest BCUT2D eigenvalue weighted by Gasteiger charge is 2.13. The fourth-order valence-electron chi connectivity index (χ4n) is 1.76. The number of hydrogen-bond donors (Lipinski definition) is 2. The minimum Gasteiger partial charge on any atom is -0.377 e. The summed E-state index contributed by atoms with van der Waals surface area (Å²) < 4.78 is 40.1. The maximum absolute atomic E-state index is 13.2. The molecule has 0 saturated carbocycles. The fourth-order valence-corrected chi connectivity index (χ4v) is 1.76. The van der Waals surface area contributed by atoms with Crippen molar-refractivity contribution in [2.45, 2.75) is 6.43 Å². The van der Waals surface area contributed by atoms with Gasteiger partial charge >= 0.3 is 0 Å². The Kier molecular flexibility index (Phi) is 5.34. The molecule has 0 unspecified atom stereocenters. The number of nitrogens with two attached hydrogens (primary N) is 1. The van der Waals surface area contributed by atoms with E-state index in [1.807, 2.05) is 0 Å². The van der Waals surface area contributed by atoms with Gasteiger partial charge < -0.3 is 11.2 Å². The fraction of sp³-hybridized carbons (Fsp3) is 0.214. The van der Waals surface area contributed by atoms with E-state index in [1.165, 1.54) is 12.3 Å². The molecule has 23 heavy (non-hydrogen) atoms. The quantitative estimate of drug-likeness (QED) is 0.487. The van der Waals surface area contributed by atoms with Gasteiger partial charge in [0, 0.05) is 13.2 Å². The van der Waals surface area contributed by atoms with Gasteiger partial charge in [-0.25, -0.2) is 13.2 Å². The Balaban J connectivity index is 2.03. The molecule has 2 rings (SSSR count). The molecule has 1 heterocycles. The number of halogens is 3. The molecule has 0 amide bonds. The third kappa shape index (κ3) is 4.56. The van der Waals surface area contributed by atoms with Gasteiger partial charge in [0.2, 0.25) is 0 Å². The molecule has 0 saturated heterocycles. The van der Waals surface area contributed by atoms with E-state index in [4.69, 9.17) is 5.84 Å². The van der Waals surface area contributed by atoms with Gasteiger partial charge in [-0.05, 0) is 18.2 Å². The molecule has 9 heteroatoms. The summed E-state index contributed by atoms with van der Waals surface area (Å²) in [5.41, 5.74) is 0.643. The van der Waals surface area contributed by atoms with E-state index >= 15 is 0 Å². The summed E-state index contributed by atoms with van der Waals surface area (Å²) in [5.74, 6) is 4.30. The van der Waals surface area contributed by atoms with Crippen molar-refractivity contribution in [3.63, 3.8) is 0 Å². The standard InChI is InChI=1S/C14H15F3N6/c1-23-8-11(7-21-23)20-6-10(22-18)5-19-9-2-3-13(15)12(4-9)14(16)17/h2-5,7-8,14,20H,6,18H2,1H3. The molecular formula is C14H15F3N6. The van der Waals surface area contributed by atoms with Gasteiger partial charge in [-0.3, -0.25) is 9.67 Å². The Morgan fingerprint density at radius 1 is 1.48 bits per heavy atom. The molecular weight excluding hydrogens is 309 g/mol. The Labute approximate surface area is 130 Å². The summed E-state index contributed by atoms with van der Waals surface area (Å²) >= 11 is 0. The molecule has 0 radical (unpaired) electrons. The molecule has 2 aromatic rings. The van der Waals surface area contributed by atoms with Crippen LogP contribution in [0, 0.1) is 5.82 Å². The molecule has 0 aliphatic rings. The Bertz CT molecular complexity index is 723. The average Bonchev–Trinajstić information content (AvgIpc) is 2.94. The number of nitrogens with one attached hydrogen (secondary N) is 1. The van der Waals surface area contributed by atoms with Crippen LogP contribution in [0.5, 0.6) is 0 Å². The van der Waals surface area contributed by atoms with E-state index in [0.29, 0.717) is 5.71 Å². The lowest BCUT2D eigenvalue weighted by molar-refractivity contribution is 0.146. The smallest absolute Gasteiger partial charge is 0.266 e. The maximum atomic E-state index is 13.2. The van der Waals surface area contributed by atoms with Crippen LogP contribution in [0.1, 0.15) is 12.0 Å². The summed E-state index contributed by atoms with van der Waals surface area (Å²) in [6, 6.07) is 3.22. The number of anilines is 1. The number of aromatic nitrogens is 2. The second-order valence-electron chi connectivity index (χ2n) is 4.64. The number of nitrogens with zero attached hydrogens (tertiary/aromatic N) is 4. The van der Waals surface area contributed by atoms with E-state index in [9.17, 15) is 13.2 Å². The van der Waals surface area contributed by atoms with Crippen LogP contribution in [-0.4, -0.2) is 28.3 Å². The molecule has 0 fully saturated rings. The highest BCUT2D eigenvalue weighted by Crippen LogP contribution is 2.26. The zero-order valence-corrected chi connectivity index (χ0v) is 12.2. The van der Waals surface area contributed by atoms with Crippen LogP contribution in [0.2, 0.25) is 0 Å². The van der Waals surface area contributed by atoms with Crippen molar-refractivity contribution >= 4 is 23.3 Å². The molecule has 1 aromatic heterocycles. The SMILES string of the molecule is Cn1cc(NCC(C=Nc2ccc(F)c(C(F)F)c2)=NN)cn1. The number of rotatable bonds is 6. The Morgan fingerprint density at radius 3 is 2.87 bits per heavy atom. The van der Waals surface area contributed by atoms with E-state index in [2.05, 4.69) is 20.5 Å². The number of benzene rings is 1. The van der Waals surface area contributed by atoms with Gasteiger partial charge in [-0.1, -0.05) is 0 Å². The van der Waals surface area contributed by atoms with Gasteiger partial charge in [-0.15, -0.1) is 0 Å². The number of hydrazone groups is 1. The number of aliphatic imine (C=N–C) groups is 1. The summed E-state index contributed by atoms with van der Waals surface area (Å²) in [7, 11) is 1.78. The second-order valence-corrected chi connectivity index (χ2v) is 4.64. The summed E-state index contributed by atoms with van der Waals surface area (Å²) in [5, 5.41) is 10.6. The predicted octanol–water partition coefficient (Wildman–Crippen LogP) is 2.63. The molecule has 0 bridgehead atoms. The van der Waals surface area contributed by atoms with Crippen LogP contribution in [0.3, 0.4) is 0 Å². The molecule has 3 N–H and O–H groups in total. The van der Waals surface area contributed by atoms with Crippen LogP contribution in [0.15, 0.2) is 40.7 Å². The first-order valence-corrected chi connectivity index (χ1v) is 6.60. The second kappa shape index (κ2) is 7.43. The minimum absolute atomic E-state index is 0.184. The van der Waals surface area contributed by atoms with E-state index in [1.54, 1.807) is 24.1 Å². The van der Waals surface area contributed by atoms with E-state index in [-0.39, 0.29) is 12.2 Å². The molecule has 0 atom stereocenters. The molecule has 122 valence electrons. The van der Waals surface area contributed by atoms with Crippen molar-refractivity contribution < 1.29 is 13.2 Å². The van der Waals surface area contributed by atoms with Crippen molar-refractivity contribution in [1.29, 1.82) is 0 Å². The first-order valence-electron chi connectivity index (χ1n) is 6.60. The molecule has 6 nitrogen and oxygen atoms in total. The lowest BCUT2D eigenvalue weighted by atomic mass is 10.2. The van der Waals surface area contributed by atoms with Crippen LogP contribution in [0.4, 0.5) is 24.5 Å². The summed E-state index contributed by atoms with van der Waals surface area (Å²) in [6.45, 7) is 0.272. The maximum Gasteiger partial charge on any atom is 0.266 e. The van der Waals surface area contributed by atoms with Gasteiger partial charge in [0.1, 0.15) is 5.82 Å². The normalized spacial score (nSPS) is 12.3. The Hall–Kier alpha value is -2.84. The van der Waals surface area contributed by atoms with Gasteiger partial charge in [-0.2, -0.15) is 10.2 Å². The van der Waals surface area contributed by atoms with Crippen LogP contribution in [-0.2, 0) is 7.05 Å². The first kappa shape index (κ1) is 16.5. The van der Waals surface area contributed by atoms with Crippen LogP contribution < -0.4 is 11.2 Å². The minimum atomic E-state index is -2.90. The number of aryl methyl sites for hydroxylation is 1. The van der Waals surface area contributed by atoms with E-state index in [0.717, 1.165) is 17.8 Å². The Morgan fingerprint density at radius 2 is 2.26 bits per heavy atom. The third-order valence-corrected chi connectivity index (χ3v) is 2.92. The van der Waals surface area contributed by atoms with Crippen molar-refractivity contribution in [1.82, 2.24) is 9.78 Å². The van der Waals surface area contributed by atoms with Crippen molar-refractivity contribution in [3.8, 4) is 0 Å². The van der Waals surface area contributed by atoms with Crippen molar-refractivity contribution in [2.75, 3.05) is 11.9 Å². The van der Waals surface area contributed by atoms with Crippen molar-refractivity contribution in [2.24, 2.45) is 23.0 Å². The zero-order valence-electron chi connectivity index (χ0n) is 12.2. The van der Waals surface area contributed by atoms with Crippen LogP contribution in [0.25, 0.3) is 0 Å². The van der Waals surface area contributed by atoms with Gasteiger partial charge in [0.25, 0.3) is 6.43 Å². The molecule has 0 aliphatic heterocycles. The van der Waals surface area contributed by atoms with Crippen molar-refractivity contribution in [3.05, 3.63) is 42.0 Å². The number of hydrogen-bond acceptors (Lipinski definition) is 5. The highest BCUT2D eigenvalue weighted by molar-refractivity contribution is 6.32. The molecule has 1 aromatic carbocycles. The average molecular weight is 324 g/mol. The predicted molar refractivity (Wildman–Crippen MR) is 82.8 cm³/mol. The molecule has 0 aliphatic carbocycles. The van der Waals surface area contributed by atoms with E-state index < -0.39 is 17.8 Å². The van der Waals surface area contributed by atoms with Gasteiger partial charge in [0.05, 0.1) is 41.6 Å². The third-order valence-electron chi connectivity index (χ3n) is 2.92. The highest BCUT2D eigenvalue weighted by atomic mass is 19.3.